The van der Waals surface area contributed by atoms with Crippen molar-refractivity contribution in [2.75, 3.05) is 26.2 Å². The molecule has 1 aliphatic heterocycles. The predicted octanol–water partition coefficient (Wildman–Crippen LogP) is 4.80. The topological polar surface area (TPSA) is 50.4 Å². The first kappa shape index (κ1) is 22.1. The van der Waals surface area contributed by atoms with Gasteiger partial charge in [0.1, 0.15) is 0 Å². The average molecular weight is 478 g/mol. The molecule has 30 heavy (non-hydrogen) atoms. The van der Waals surface area contributed by atoms with Crippen molar-refractivity contribution in [1.29, 1.82) is 0 Å². The molecule has 2 aromatic rings. The molecule has 1 saturated carbocycles. The van der Waals surface area contributed by atoms with Crippen LogP contribution in [-0.2, 0) is 6.54 Å². The minimum atomic E-state index is 0.0579. The Labute approximate surface area is 188 Å². The lowest BCUT2D eigenvalue weighted by Crippen LogP contribution is -2.46. The first-order chi connectivity index (χ1) is 14.6. The van der Waals surface area contributed by atoms with Crippen molar-refractivity contribution in [1.82, 2.24) is 14.0 Å². The maximum atomic E-state index is 13.3. The van der Waals surface area contributed by atoms with Gasteiger partial charge < -0.3 is 10.0 Å². The van der Waals surface area contributed by atoms with E-state index < -0.39 is 0 Å². The zero-order valence-corrected chi connectivity index (χ0v) is 19.8. The van der Waals surface area contributed by atoms with Crippen molar-refractivity contribution in [2.45, 2.75) is 70.9 Å². The Morgan fingerprint density at radius 3 is 2.50 bits per heavy atom. The van der Waals surface area contributed by atoms with E-state index >= 15 is 0 Å². The lowest BCUT2D eigenvalue weighted by atomic mass is 9.88. The van der Waals surface area contributed by atoms with Crippen LogP contribution >= 0.6 is 15.9 Å². The molecule has 6 heteroatoms. The number of aryl methyl sites for hydroxylation is 1. The third-order valence-electron chi connectivity index (χ3n) is 7.33. The van der Waals surface area contributed by atoms with E-state index in [2.05, 4.69) is 20.8 Å². The smallest absolute Gasteiger partial charge is 0.329 e. The molecule has 1 aromatic carbocycles. The minimum absolute atomic E-state index is 0.0579. The second-order valence-corrected chi connectivity index (χ2v) is 10.2. The van der Waals surface area contributed by atoms with Gasteiger partial charge in [-0.3, -0.25) is 9.13 Å². The highest BCUT2D eigenvalue weighted by Crippen LogP contribution is 2.32. The molecular weight excluding hydrogens is 442 g/mol. The normalized spacial score (nSPS) is 24.8. The second-order valence-electron chi connectivity index (χ2n) is 9.30. The molecule has 2 fully saturated rings. The molecule has 2 heterocycles. The second kappa shape index (κ2) is 10.0. The van der Waals surface area contributed by atoms with E-state index in [1.54, 1.807) is 0 Å². The predicted molar refractivity (Wildman–Crippen MR) is 126 cm³/mol. The van der Waals surface area contributed by atoms with Crippen LogP contribution < -0.4 is 5.69 Å². The summed E-state index contributed by atoms with van der Waals surface area (Å²) in [5, 5.41) is 10.2. The van der Waals surface area contributed by atoms with Gasteiger partial charge in [0, 0.05) is 49.2 Å². The molecule has 2 unspecified atom stereocenters. The van der Waals surface area contributed by atoms with E-state index in [1.165, 1.54) is 44.9 Å². The van der Waals surface area contributed by atoms with Crippen LogP contribution in [0.1, 0.15) is 64.3 Å². The van der Waals surface area contributed by atoms with Gasteiger partial charge in [-0.2, -0.15) is 0 Å². The number of aliphatic hydroxyl groups excluding tert-OH is 1. The summed E-state index contributed by atoms with van der Waals surface area (Å²) in [4.78, 5) is 15.8. The van der Waals surface area contributed by atoms with Crippen LogP contribution in [0, 0.1) is 11.8 Å². The Morgan fingerprint density at radius 1 is 1.07 bits per heavy atom. The number of likely N-dealkylation sites (tertiary alicyclic amines) is 1. The maximum Gasteiger partial charge on any atom is 0.329 e. The van der Waals surface area contributed by atoms with Crippen molar-refractivity contribution < 1.29 is 5.11 Å². The first-order valence-corrected chi connectivity index (χ1v) is 12.6. The van der Waals surface area contributed by atoms with Crippen LogP contribution in [-0.4, -0.2) is 45.4 Å². The summed E-state index contributed by atoms with van der Waals surface area (Å²) in [7, 11) is 0. The Morgan fingerprint density at radius 2 is 1.80 bits per heavy atom. The van der Waals surface area contributed by atoms with Crippen LogP contribution in [0.25, 0.3) is 11.0 Å². The monoisotopic (exact) mass is 477 g/mol. The van der Waals surface area contributed by atoms with E-state index in [1.807, 2.05) is 34.3 Å². The van der Waals surface area contributed by atoms with E-state index in [0.717, 1.165) is 47.5 Å². The summed E-state index contributed by atoms with van der Waals surface area (Å²) >= 11 is 3.55. The molecule has 2 aliphatic rings. The Bertz CT molecular complexity index is 898. The average Bonchev–Trinajstić information content (AvgIpc) is 3.00. The van der Waals surface area contributed by atoms with E-state index in [0.29, 0.717) is 6.54 Å². The van der Waals surface area contributed by atoms with E-state index in [4.69, 9.17) is 0 Å². The molecule has 5 nitrogen and oxygen atoms in total. The molecule has 0 amide bonds. The fraction of sp³-hybridized carbons (Fsp3) is 0.708. The lowest BCUT2D eigenvalue weighted by molar-refractivity contribution is 0.0647. The molecular formula is C24H36BrN3O2. The zero-order chi connectivity index (χ0) is 21.1. The number of rotatable bonds is 5. The van der Waals surface area contributed by atoms with Crippen molar-refractivity contribution in [3.63, 3.8) is 0 Å². The number of hydrogen-bond donors (Lipinski definition) is 1. The maximum absolute atomic E-state index is 13.3. The zero-order valence-electron chi connectivity index (χ0n) is 18.2. The molecule has 1 N–H and O–H groups in total. The molecule has 1 saturated heterocycles. The van der Waals surface area contributed by atoms with Crippen molar-refractivity contribution in [3.05, 3.63) is 33.2 Å². The molecule has 0 spiro atoms. The molecule has 0 bridgehead atoms. The standard InChI is InChI=1S/C24H36BrN3O2/c1-2-27-23-14-20(25)10-11-22(23)28(24(27)30)21-12-13-26(16-19(21)17-29)15-18-8-6-4-3-5-7-9-18/h10-11,14,18-19,21,29H,2-9,12-13,15-17H2,1H3. The van der Waals surface area contributed by atoms with Gasteiger partial charge in [-0.05, 0) is 50.3 Å². The van der Waals surface area contributed by atoms with Gasteiger partial charge in [0.2, 0.25) is 0 Å². The molecule has 1 aromatic heterocycles. The third kappa shape index (κ3) is 4.56. The highest BCUT2D eigenvalue weighted by atomic mass is 79.9. The van der Waals surface area contributed by atoms with E-state index in [-0.39, 0.29) is 24.3 Å². The van der Waals surface area contributed by atoms with Crippen LogP contribution in [0.2, 0.25) is 0 Å². The minimum Gasteiger partial charge on any atom is -0.396 e. The fourth-order valence-electron chi connectivity index (χ4n) is 5.75. The summed E-state index contributed by atoms with van der Waals surface area (Å²) in [6, 6.07) is 6.15. The SMILES string of the molecule is CCn1c(=O)n(C2CCN(CC3CCCCCCC3)CC2CO)c2ccc(Br)cc21. The van der Waals surface area contributed by atoms with Gasteiger partial charge in [-0.15, -0.1) is 0 Å². The van der Waals surface area contributed by atoms with Crippen LogP contribution in [0.3, 0.4) is 0 Å². The number of nitrogens with zero attached hydrogens (tertiary/aromatic N) is 3. The van der Waals surface area contributed by atoms with Crippen LogP contribution in [0.4, 0.5) is 0 Å². The first-order valence-electron chi connectivity index (χ1n) is 11.9. The molecule has 166 valence electrons. The molecule has 1 aliphatic carbocycles. The Hall–Kier alpha value is -1.11. The van der Waals surface area contributed by atoms with Crippen molar-refractivity contribution in [2.24, 2.45) is 11.8 Å². The summed E-state index contributed by atoms with van der Waals surface area (Å²) < 4.78 is 4.82. The highest BCUT2D eigenvalue weighted by Gasteiger charge is 2.33. The summed E-state index contributed by atoms with van der Waals surface area (Å²) in [6.07, 6.45) is 10.5. The molecule has 0 radical (unpaired) electrons. The molecule has 2 atom stereocenters. The van der Waals surface area contributed by atoms with Gasteiger partial charge in [-0.1, -0.05) is 48.0 Å². The van der Waals surface area contributed by atoms with Gasteiger partial charge >= 0.3 is 5.69 Å². The molecule has 4 rings (SSSR count). The number of imidazole rings is 1. The number of fused-ring (bicyclic) bond motifs is 1. The van der Waals surface area contributed by atoms with Crippen molar-refractivity contribution >= 4 is 27.0 Å². The number of aromatic nitrogens is 2. The number of hydrogen-bond acceptors (Lipinski definition) is 3. The number of piperidine rings is 1. The van der Waals surface area contributed by atoms with Crippen molar-refractivity contribution in [3.8, 4) is 0 Å². The van der Waals surface area contributed by atoms with E-state index in [9.17, 15) is 9.90 Å². The summed E-state index contributed by atoms with van der Waals surface area (Å²) in [5.74, 6) is 0.896. The third-order valence-corrected chi connectivity index (χ3v) is 7.82. The summed E-state index contributed by atoms with van der Waals surface area (Å²) in [5.41, 5.74) is 2.02. The van der Waals surface area contributed by atoms with Crippen LogP contribution in [0.5, 0.6) is 0 Å². The fourth-order valence-corrected chi connectivity index (χ4v) is 6.10. The van der Waals surface area contributed by atoms with Gasteiger partial charge in [0.15, 0.2) is 0 Å². The lowest BCUT2D eigenvalue weighted by Gasteiger charge is -2.40. The number of aliphatic hydroxyl groups is 1. The highest BCUT2D eigenvalue weighted by molar-refractivity contribution is 9.10. The van der Waals surface area contributed by atoms with Gasteiger partial charge in [0.05, 0.1) is 11.0 Å². The van der Waals surface area contributed by atoms with Gasteiger partial charge in [-0.25, -0.2) is 4.79 Å². The number of benzene rings is 1. The Kier molecular flexibility index (Phi) is 7.37. The van der Waals surface area contributed by atoms with Crippen LogP contribution in [0.15, 0.2) is 27.5 Å². The largest absolute Gasteiger partial charge is 0.396 e. The quantitative estimate of drug-likeness (QED) is 0.672. The summed E-state index contributed by atoms with van der Waals surface area (Å²) in [6.45, 7) is 5.87. The Balaban J connectivity index is 1.54. The number of halogens is 1. The van der Waals surface area contributed by atoms with Gasteiger partial charge in [0.25, 0.3) is 0 Å².